The molecule has 0 bridgehead atoms. The summed E-state index contributed by atoms with van der Waals surface area (Å²) >= 11 is 0. The molecule has 1 unspecified atom stereocenters. The van der Waals surface area contributed by atoms with Crippen LogP contribution in [0.4, 0.5) is 0 Å². The average Bonchev–Trinajstić information content (AvgIpc) is 2.77. The first-order valence-electron chi connectivity index (χ1n) is 6.18. The molecule has 86 valence electrons. The molecule has 2 aliphatic rings. The fraction of sp³-hybridized carbons (Fsp3) is 0.357. The molecule has 1 aromatic heterocycles. The predicted molar refractivity (Wildman–Crippen MR) is 66.8 cm³/mol. The van der Waals surface area contributed by atoms with Gasteiger partial charge in [0, 0.05) is 17.6 Å². The minimum Gasteiger partial charge on any atom is -0.307 e. The third kappa shape index (κ3) is 1.12. The first-order valence-corrected chi connectivity index (χ1v) is 6.18. The van der Waals surface area contributed by atoms with Gasteiger partial charge in [-0.2, -0.15) is 5.10 Å². The molecule has 2 aromatic rings. The largest absolute Gasteiger partial charge is 0.307 e. The van der Waals surface area contributed by atoms with Crippen molar-refractivity contribution in [3.05, 3.63) is 41.1 Å². The number of nitrogens with one attached hydrogen (secondary N) is 2. The third-order valence-corrected chi connectivity index (χ3v) is 4.14. The van der Waals surface area contributed by atoms with Gasteiger partial charge in [-0.15, -0.1) is 0 Å². The molecule has 4 rings (SSSR count). The van der Waals surface area contributed by atoms with Crippen LogP contribution in [0.25, 0.3) is 11.3 Å². The maximum atomic E-state index is 4.20. The van der Waals surface area contributed by atoms with E-state index < -0.39 is 0 Å². The molecule has 1 atom stereocenters. The Bertz CT molecular complexity index is 599. The van der Waals surface area contributed by atoms with E-state index >= 15 is 0 Å². The number of rotatable bonds is 0. The minimum absolute atomic E-state index is 0.0844. The molecule has 0 saturated heterocycles. The first kappa shape index (κ1) is 9.42. The van der Waals surface area contributed by atoms with Crippen LogP contribution < -0.4 is 5.32 Å². The highest BCUT2D eigenvalue weighted by Gasteiger charge is 2.38. The second-order valence-corrected chi connectivity index (χ2v) is 5.30. The number of H-pyrrole nitrogens is 1. The Labute approximate surface area is 100 Å². The maximum absolute atomic E-state index is 4.20. The molecule has 0 fully saturated rings. The smallest absolute Gasteiger partial charge is 0.0686 e. The van der Waals surface area contributed by atoms with Crippen LogP contribution in [0.15, 0.2) is 24.4 Å². The Morgan fingerprint density at radius 2 is 2.24 bits per heavy atom. The summed E-state index contributed by atoms with van der Waals surface area (Å²) in [6.07, 6.45) is 4.12. The monoisotopic (exact) mass is 225 g/mol. The van der Waals surface area contributed by atoms with Gasteiger partial charge in [-0.1, -0.05) is 18.2 Å². The van der Waals surface area contributed by atoms with E-state index in [0.717, 1.165) is 19.4 Å². The Balaban J connectivity index is 2.10. The quantitative estimate of drug-likeness (QED) is 0.720. The summed E-state index contributed by atoms with van der Waals surface area (Å²) in [7, 11) is 0. The van der Waals surface area contributed by atoms with Gasteiger partial charge in [-0.25, -0.2) is 0 Å². The van der Waals surface area contributed by atoms with Crippen molar-refractivity contribution in [3.8, 4) is 11.3 Å². The van der Waals surface area contributed by atoms with Crippen molar-refractivity contribution in [2.75, 3.05) is 6.54 Å². The molecule has 1 aliphatic carbocycles. The van der Waals surface area contributed by atoms with E-state index in [2.05, 4.69) is 40.6 Å². The second kappa shape index (κ2) is 2.99. The number of aromatic nitrogens is 2. The van der Waals surface area contributed by atoms with Gasteiger partial charge < -0.3 is 5.32 Å². The Hall–Kier alpha value is -1.61. The van der Waals surface area contributed by atoms with Gasteiger partial charge in [-0.3, -0.25) is 5.10 Å². The molecular weight excluding hydrogens is 210 g/mol. The predicted octanol–water partition coefficient (Wildman–Crippen LogP) is 1.99. The maximum Gasteiger partial charge on any atom is 0.0686 e. The number of benzene rings is 1. The average molecular weight is 225 g/mol. The van der Waals surface area contributed by atoms with Gasteiger partial charge in [0.05, 0.1) is 11.9 Å². The second-order valence-electron chi connectivity index (χ2n) is 5.30. The van der Waals surface area contributed by atoms with Crippen molar-refractivity contribution in [1.29, 1.82) is 0 Å². The number of aromatic amines is 1. The fourth-order valence-corrected chi connectivity index (χ4v) is 3.44. The van der Waals surface area contributed by atoms with Crippen molar-refractivity contribution < 1.29 is 0 Å². The molecule has 0 amide bonds. The van der Waals surface area contributed by atoms with E-state index in [1.54, 1.807) is 0 Å². The lowest BCUT2D eigenvalue weighted by Gasteiger charge is -2.41. The van der Waals surface area contributed by atoms with E-state index in [1.807, 2.05) is 6.20 Å². The van der Waals surface area contributed by atoms with Gasteiger partial charge in [-0.05, 0) is 36.5 Å². The summed E-state index contributed by atoms with van der Waals surface area (Å²) in [5.74, 6) is 0. The van der Waals surface area contributed by atoms with Crippen LogP contribution in [0.5, 0.6) is 0 Å². The first-order chi connectivity index (χ1) is 8.28. The summed E-state index contributed by atoms with van der Waals surface area (Å²) in [5, 5.41) is 11.0. The number of nitrogens with zero attached hydrogens (tertiary/aromatic N) is 1. The van der Waals surface area contributed by atoms with E-state index in [1.165, 1.54) is 27.9 Å². The van der Waals surface area contributed by atoms with E-state index in [-0.39, 0.29) is 5.54 Å². The van der Waals surface area contributed by atoms with Crippen molar-refractivity contribution in [2.45, 2.75) is 25.3 Å². The van der Waals surface area contributed by atoms with Crippen molar-refractivity contribution in [1.82, 2.24) is 15.5 Å². The molecule has 0 saturated carbocycles. The Kier molecular flexibility index (Phi) is 1.66. The van der Waals surface area contributed by atoms with Crippen molar-refractivity contribution >= 4 is 0 Å². The van der Waals surface area contributed by atoms with Crippen LogP contribution in [0.1, 0.15) is 23.6 Å². The van der Waals surface area contributed by atoms with Gasteiger partial charge >= 0.3 is 0 Å². The Morgan fingerprint density at radius 1 is 1.29 bits per heavy atom. The van der Waals surface area contributed by atoms with E-state index in [4.69, 9.17) is 0 Å². The van der Waals surface area contributed by atoms with Gasteiger partial charge in [0.15, 0.2) is 0 Å². The molecule has 2 heterocycles. The van der Waals surface area contributed by atoms with Crippen molar-refractivity contribution in [3.63, 3.8) is 0 Å². The lowest BCUT2D eigenvalue weighted by molar-refractivity contribution is 0.342. The van der Waals surface area contributed by atoms with E-state index in [9.17, 15) is 0 Å². The highest BCUT2D eigenvalue weighted by atomic mass is 15.1. The molecular formula is C14H15N3. The number of fused-ring (bicyclic) bond motifs is 2. The molecule has 17 heavy (non-hydrogen) atoms. The standard InChI is InChI=1S/C14H15N3/c1-14-7-10-8-16-17-13(10)11-4-2-3-9(12(11)14)5-6-15-14/h2-4,8,15H,5-7H2,1H3,(H,16,17). The van der Waals surface area contributed by atoms with Crippen molar-refractivity contribution in [2.24, 2.45) is 0 Å². The molecule has 3 nitrogen and oxygen atoms in total. The van der Waals surface area contributed by atoms with Gasteiger partial charge in [0.25, 0.3) is 0 Å². The summed E-state index contributed by atoms with van der Waals surface area (Å²) in [6.45, 7) is 3.38. The molecule has 0 spiro atoms. The highest BCUT2D eigenvalue weighted by molar-refractivity contribution is 5.73. The van der Waals surface area contributed by atoms with Crippen LogP contribution >= 0.6 is 0 Å². The molecule has 2 N–H and O–H groups in total. The normalized spacial score (nSPS) is 25.2. The number of hydrogen-bond acceptors (Lipinski definition) is 2. The highest BCUT2D eigenvalue weighted by Crippen LogP contribution is 2.43. The summed E-state index contributed by atoms with van der Waals surface area (Å²) in [4.78, 5) is 0. The lowest BCUT2D eigenvalue weighted by Crippen LogP contribution is -2.48. The van der Waals surface area contributed by atoms with Crippen LogP contribution in [-0.2, 0) is 18.4 Å². The van der Waals surface area contributed by atoms with E-state index in [0.29, 0.717) is 0 Å². The molecule has 3 heteroatoms. The van der Waals surface area contributed by atoms with Gasteiger partial charge in [0.2, 0.25) is 0 Å². The summed E-state index contributed by atoms with van der Waals surface area (Å²) < 4.78 is 0. The Morgan fingerprint density at radius 3 is 3.18 bits per heavy atom. The lowest BCUT2D eigenvalue weighted by atomic mass is 9.72. The fourth-order valence-electron chi connectivity index (χ4n) is 3.44. The van der Waals surface area contributed by atoms with Crippen LogP contribution in [-0.4, -0.2) is 16.7 Å². The molecule has 0 radical (unpaired) electrons. The van der Waals surface area contributed by atoms with Crippen LogP contribution in [0.3, 0.4) is 0 Å². The minimum atomic E-state index is 0.0844. The third-order valence-electron chi connectivity index (χ3n) is 4.14. The zero-order valence-corrected chi connectivity index (χ0v) is 9.88. The molecule has 1 aromatic carbocycles. The zero-order chi connectivity index (χ0) is 11.5. The summed E-state index contributed by atoms with van der Waals surface area (Å²) in [5.41, 5.74) is 6.92. The van der Waals surface area contributed by atoms with Gasteiger partial charge in [0.1, 0.15) is 0 Å². The van der Waals surface area contributed by atoms with Crippen LogP contribution in [0.2, 0.25) is 0 Å². The SMILES string of the molecule is CC12Cc3cn[nH]c3-c3cccc(c31)CCN2. The topological polar surface area (TPSA) is 40.7 Å². The zero-order valence-electron chi connectivity index (χ0n) is 9.88. The molecule has 1 aliphatic heterocycles. The summed E-state index contributed by atoms with van der Waals surface area (Å²) in [6, 6.07) is 6.63. The number of hydrogen-bond donors (Lipinski definition) is 2. The van der Waals surface area contributed by atoms with Crippen LogP contribution in [0, 0.1) is 0 Å².